The van der Waals surface area contributed by atoms with Crippen molar-refractivity contribution in [1.29, 1.82) is 5.26 Å². The standard InChI is InChI=1S/C21H25N5O2/c1-24-18-7-3-2-6-17(18)23-20(24)16(14-22)19(27)15-8-12-26(13-9-15)21(28)25-10-4-5-11-25/h2-3,6-7,15-16H,4-5,8-13H2,1H3. The number of piperidine rings is 1. The third-order valence-corrected chi connectivity index (χ3v) is 6.04. The molecule has 0 bridgehead atoms. The lowest BCUT2D eigenvalue weighted by molar-refractivity contribution is -0.124. The van der Waals surface area contributed by atoms with Gasteiger partial charge < -0.3 is 14.4 Å². The van der Waals surface area contributed by atoms with Gasteiger partial charge in [0.1, 0.15) is 5.82 Å². The van der Waals surface area contributed by atoms with Crippen molar-refractivity contribution in [2.45, 2.75) is 31.6 Å². The number of likely N-dealkylation sites (tertiary alicyclic amines) is 2. The van der Waals surface area contributed by atoms with E-state index < -0.39 is 5.92 Å². The van der Waals surface area contributed by atoms with E-state index in [1.165, 1.54) is 0 Å². The minimum atomic E-state index is -0.872. The molecule has 0 radical (unpaired) electrons. The van der Waals surface area contributed by atoms with Crippen LogP contribution in [0.1, 0.15) is 37.4 Å². The topological polar surface area (TPSA) is 82.2 Å². The zero-order valence-electron chi connectivity index (χ0n) is 16.2. The maximum Gasteiger partial charge on any atom is 0.319 e. The Kier molecular flexibility index (Phi) is 5.03. The van der Waals surface area contributed by atoms with Crippen molar-refractivity contribution in [3.63, 3.8) is 0 Å². The van der Waals surface area contributed by atoms with Crippen LogP contribution in [0.3, 0.4) is 0 Å². The van der Waals surface area contributed by atoms with Crippen molar-refractivity contribution >= 4 is 22.8 Å². The number of Topliss-reactive ketones (excluding diaryl/α,β-unsaturated/α-hetero) is 1. The lowest BCUT2D eigenvalue weighted by atomic mass is 9.86. The molecule has 2 aliphatic rings. The number of hydrogen-bond acceptors (Lipinski definition) is 4. The van der Waals surface area contributed by atoms with Crippen molar-refractivity contribution in [3.8, 4) is 6.07 Å². The Morgan fingerprint density at radius 1 is 1.11 bits per heavy atom. The number of amides is 2. The van der Waals surface area contributed by atoms with E-state index in [9.17, 15) is 14.9 Å². The van der Waals surface area contributed by atoms with Crippen LogP contribution in [-0.2, 0) is 11.8 Å². The predicted molar refractivity (Wildman–Crippen MR) is 105 cm³/mol. The van der Waals surface area contributed by atoms with Crippen LogP contribution in [0.5, 0.6) is 0 Å². The molecule has 0 aliphatic carbocycles. The van der Waals surface area contributed by atoms with Gasteiger partial charge in [-0.05, 0) is 37.8 Å². The predicted octanol–water partition coefficient (Wildman–Crippen LogP) is 2.68. The van der Waals surface area contributed by atoms with Crippen molar-refractivity contribution < 1.29 is 9.59 Å². The van der Waals surface area contributed by atoms with Crippen molar-refractivity contribution in [2.24, 2.45) is 13.0 Å². The molecule has 2 saturated heterocycles. The first-order chi connectivity index (χ1) is 13.6. The Morgan fingerprint density at radius 2 is 1.75 bits per heavy atom. The number of benzene rings is 1. The maximum atomic E-state index is 13.1. The number of rotatable bonds is 3. The molecule has 3 heterocycles. The third kappa shape index (κ3) is 3.24. The van der Waals surface area contributed by atoms with Gasteiger partial charge in [0.25, 0.3) is 0 Å². The number of nitrogens with zero attached hydrogens (tertiary/aromatic N) is 5. The molecule has 28 heavy (non-hydrogen) atoms. The lowest BCUT2D eigenvalue weighted by Gasteiger charge is -2.34. The number of fused-ring (bicyclic) bond motifs is 1. The molecule has 1 atom stereocenters. The number of para-hydroxylation sites is 2. The molecule has 4 rings (SSSR count). The summed E-state index contributed by atoms with van der Waals surface area (Å²) in [5.41, 5.74) is 1.70. The number of aryl methyl sites for hydroxylation is 1. The molecular formula is C21H25N5O2. The third-order valence-electron chi connectivity index (χ3n) is 6.04. The quantitative estimate of drug-likeness (QED) is 0.821. The molecule has 7 nitrogen and oxygen atoms in total. The second-order valence-corrected chi connectivity index (χ2v) is 7.72. The number of carbonyl (C=O) groups is 2. The zero-order valence-corrected chi connectivity index (χ0v) is 16.2. The summed E-state index contributed by atoms with van der Waals surface area (Å²) in [5, 5.41) is 9.72. The SMILES string of the molecule is Cn1c(C(C#N)C(=O)C2CCN(C(=O)N3CCCC3)CC2)nc2ccccc21. The Labute approximate surface area is 164 Å². The van der Waals surface area contributed by atoms with E-state index in [-0.39, 0.29) is 17.7 Å². The van der Waals surface area contributed by atoms with Gasteiger partial charge in [-0.3, -0.25) is 4.79 Å². The van der Waals surface area contributed by atoms with Gasteiger partial charge in [-0.15, -0.1) is 0 Å². The Balaban J connectivity index is 1.45. The molecule has 2 aromatic rings. The van der Waals surface area contributed by atoms with Crippen LogP contribution in [0, 0.1) is 17.2 Å². The van der Waals surface area contributed by atoms with Gasteiger partial charge in [0.05, 0.1) is 17.1 Å². The van der Waals surface area contributed by atoms with Crippen LogP contribution in [0.2, 0.25) is 0 Å². The molecule has 2 aliphatic heterocycles. The smallest absolute Gasteiger partial charge is 0.319 e. The molecular weight excluding hydrogens is 354 g/mol. The molecule has 146 valence electrons. The van der Waals surface area contributed by atoms with Crippen molar-refractivity contribution in [1.82, 2.24) is 19.4 Å². The fraction of sp³-hybridized carbons (Fsp3) is 0.524. The van der Waals surface area contributed by atoms with Gasteiger partial charge in [-0.25, -0.2) is 9.78 Å². The first-order valence-electron chi connectivity index (χ1n) is 9.98. The van der Waals surface area contributed by atoms with Gasteiger partial charge in [0.15, 0.2) is 11.7 Å². The molecule has 0 saturated carbocycles. The minimum Gasteiger partial charge on any atom is -0.330 e. The summed E-state index contributed by atoms with van der Waals surface area (Å²) in [4.78, 5) is 33.9. The Hall–Kier alpha value is -2.88. The summed E-state index contributed by atoms with van der Waals surface area (Å²) in [6, 6.07) is 9.91. The van der Waals surface area contributed by atoms with E-state index in [1.807, 2.05) is 45.7 Å². The number of ketones is 1. The van der Waals surface area contributed by atoms with Gasteiger partial charge in [0, 0.05) is 39.1 Å². The highest BCUT2D eigenvalue weighted by Crippen LogP contribution is 2.28. The summed E-state index contributed by atoms with van der Waals surface area (Å²) < 4.78 is 1.84. The van der Waals surface area contributed by atoms with Crippen LogP contribution < -0.4 is 0 Å². The van der Waals surface area contributed by atoms with Gasteiger partial charge >= 0.3 is 6.03 Å². The van der Waals surface area contributed by atoms with Crippen LogP contribution in [0.4, 0.5) is 4.79 Å². The molecule has 2 fully saturated rings. The van der Waals surface area contributed by atoms with Gasteiger partial charge in [-0.1, -0.05) is 12.1 Å². The average molecular weight is 379 g/mol. The maximum absolute atomic E-state index is 13.1. The fourth-order valence-electron chi connectivity index (χ4n) is 4.37. The number of carbonyl (C=O) groups excluding carboxylic acids is 2. The summed E-state index contributed by atoms with van der Waals surface area (Å²) in [7, 11) is 1.85. The fourth-order valence-corrected chi connectivity index (χ4v) is 4.37. The van der Waals surface area contributed by atoms with Crippen LogP contribution in [0.15, 0.2) is 24.3 Å². The molecule has 1 aromatic heterocycles. The van der Waals surface area contributed by atoms with Crippen LogP contribution in [0.25, 0.3) is 11.0 Å². The highest BCUT2D eigenvalue weighted by Gasteiger charge is 2.35. The van der Waals surface area contributed by atoms with E-state index >= 15 is 0 Å². The first kappa shape index (κ1) is 18.5. The van der Waals surface area contributed by atoms with Crippen LogP contribution in [-0.4, -0.2) is 57.3 Å². The van der Waals surface area contributed by atoms with Gasteiger partial charge in [-0.2, -0.15) is 5.26 Å². The normalized spacial score (nSPS) is 19.0. The highest BCUT2D eigenvalue weighted by molar-refractivity contribution is 5.91. The van der Waals surface area contributed by atoms with Crippen molar-refractivity contribution in [2.75, 3.05) is 26.2 Å². The Bertz CT molecular complexity index is 930. The zero-order chi connectivity index (χ0) is 19.7. The van der Waals surface area contributed by atoms with E-state index in [1.54, 1.807) is 0 Å². The monoisotopic (exact) mass is 379 g/mol. The Morgan fingerprint density at radius 3 is 2.39 bits per heavy atom. The molecule has 0 N–H and O–H groups in total. The number of urea groups is 1. The number of nitriles is 1. The molecule has 7 heteroatoms. The van der Waals surface area contributed by atoms with Crippen molar-refractivity contribution in [3.05, 3.63) is 30.1 Å². The number of aromatic nitrogens is 2. The second kappa shape index (κ2) is 7.63. The summed E-state index contributed by atoms with van der Waals surface area (Å²) in [5.74, 6) is -0.645. The van der Waals surface area contributed by atoms with Crippen LogP contribution >= 0.6 is 0 Å². The average Bonchev–Trinajstić information content (AvgIpc) is 3.37. The van der Waals surface area contributed by atoms with Gasteiger partial charge in [0.2, 0.25) is 0 Å². The lowest BCUT2D eigenvalue weighted by Crippen LogP contribution is -2.46. The first-order valence-corrected chi connectivity index (χ1v) is 9.98. The molecule has 2 amide bonds. The van der Waals surface area contributed by atoms with E-state index in [4.69, 9.17) is 0 Å². The van der Waals surface area contributed by atoms with E-state index in [2.05, 4.69) is 11.1 Å². The highest BCUT2D eigenvalue weighted by atomic mass is 16.2. The summed E-state index contributed by atoms with van der Waals surface area (Å²) >= 11 is 0. The molecule has 1 aromatic carbocycles. The largest absolute Gasteiger partial charge is 0.330 e. The summed E-state index contributed by atoms with van der Waals surface area (Å²) in [6.45, 7) is 2.82. The molecule has 0 spiro atoms. The molecule has 1 unspecified atom stereocenters. The second-order valence-electron chi connectivity index (χ2n) is 7.72. The summed E-state index contributed by atoms with van der Waals surface area (Å²) in [6.07, 6.45) is 3.37. The van der Waals surface area contributed by atoms with E-state index in [0.29, 0.717) is 31.8 Å². The van der Waals surface area contributed by atoms with E-state index in [0.717, 1.165) is 37.0 Å². The minimum absolute atomic E-state index is 0.0748. The number of imidazole rings is 1. The number of hydrogen-bond donors (Lipinski definition) is 0.